The highest BCUT2D eigenvalue weighted by molar-refractivity contribution is 9.10. The van der Waals surface area contributed by atoms with E-state index >= 15 is 0 Å². The molecule has 8 nitrogen and oxygen atoms in total. The van der Waals surface area contributed by atoms with E-state index in [0.717, 1.165) is 4.90 Å². The average Bonchev–Trinajstić information content (AvgIpc) is 2.89. The van der Waals surface area contributed by atoms with Crippen molar-refractivity contribution in [1.82, 2.24) is 4.90 Å². The molecule has 1 heterocycles. The first-order chi connectivity index (χ1) is 13.2. The molecule has 0 fully saturated rings. The summed E-state index contributed by atoms with van der Waals surface area (Å²) in [6.45, 7) is 3.47. The van der Waals surface area contributed by atoms with Crippen LogP contribution in [0.15, 0.2) is 46.9 Å². The standard InChI is InChI=1S/C19H16BrN3O5/c1-10(2)16(22-18(25)12-5-3-4-6-13(12)19(22)26)17(24)21-15-8-7-11(23(27)28)9-14(15)20/h3-10,16H,1-2H3,(H,21,24). The van der Waals surface area contributed by atoms with Crippen molar-refractivity contribution in [1.29, 1.82) is 0 Å². The van der Waals surface area contributed by atoms with Crippen LogP contribution >= 0.6 is 15.9 Å². The van der Waals surface area contributed by atoms with Gasteiger partial charge >= 0.3 is 0 Å². The Kier molecular flexibility index (Phi) is 5.28. The Bertz CT molecular complexity index is 970. The number of benzene rings is 2. The molecule has 0 aromatic heterocycles. The van der Waals surface area contributed by atoms with E-state index in [1.165, 1.54) is 18.2 Å². The number of halogens is 1. The number of nitrogens with one attached hydrogen (secondary N) is 1. The number of amides is 3. The number of nitrogens with zero attached hydrogens (tertiary/aromatic N) is 2. The topological polar surface area (TPSA) is 110 Å². The average molecular weight is 446 g/mol. The molecule has 28 heavy (non-hydrogen) atoms. The maximum atomic E-state index is 12.9. The van der Waals surface area contributed by atoms with Crippen LogP contribution in [-0.2, 0) is 4.79 Å². The van der Waals surface area contributed by atoms with Gasteiger partial charge in [0, 0.05) is 16.6 Å². The van der Waals surface area contributed by atoms with Gasteiger partial charge in [-0.05, 0) is 40.0 Å². The number of nitro benzene ring substituents is 1. The predicted octanol–water partition coefficient (Wildman–Crippen LogP) is 3.62. The fourth-order valence-corrected chi connectivity index (χ4v) is 3.57. The second-order valence-corrected chi connectivity index (χ2v) is 7.48. The lowest BCUT2D eigenvalue weighted by Crippen LogP contribution is -2.50. The molecule has 0 radical (unpaired) electrons. The summed E-state index contributed by atoms with van der Waals surface area (Å²) in [5.41, 5.74) is 0.702. The minimum absolute atomic E-state index is 0.134. The molecule has 0 saturated carbocycles. The van der Waals surface area contributed by atoms with Crippen LogP contribution in [0, 0.1) is 16.0 Å². The molecule has 144 valence electrons. The number of hydrogen-bond donors (Lipinski definition) is 1. The number of rotatable bonds is 5. The Hall–Kier alpha value is -3.07. The number of non-ortho nitro benzene ring substituents is 1. The highest BCUT2D eigenvalue weighted by Crippen LogP contribution is 2.30. The summed E-state index contributed by atoms with van der Waals surface area (Å²) in [4.78, 5) is 49.7. The summed E-state index contributed by atoms with van der Waals surface area (Å²) >= 11 is 3.19. The Labute approximate surface area is 168 Å². The summed E-state index contributed by atoms with van der Waals surface area (Å²) in [7, 11) is 0. The summed E-state index contributed by atoms with van der Waals surface area (Å²) in [5, 5.41) is 13.5. The first-order valence-electron chi connectivity index (χ1n) is 8.44. The third kappa shape index (κ3) is 3.40. The van der Waals surface area contributed by atoms with Gasteiger partial charge in [0.25, 0.3) is 17.5 Å². The zero-order valence-corrected chi connectivity index (χ0v) is 16.6. The SMILES string of the molecule is CC(C)C(C(=O)Nc1ccc([N+](=O)[O-])cc1Br)N1C(=O)c2ccccc2C1=O. The molecule has 2 aromatic carbocycles. The van der Waals surface area contributed by atoms with Crippen molar-refractivity contribution in [2.24, 2.45) is 5.92 Å². The van der Waals surface area contributed by atoms with Gasteiger partial charge in [0.1, 0.15) is 6.04 Å². The molecule has 1 aliphatic rings. The third-order valence-electron chi connectivity index (χ3n) is 4.43. The van der Waals surface area contributed by atoms with E-state index in [9.17, 15) is 24.5 Å². The molecule has 3 amide bonds. The van der Waals surface area contributed by atoms with Gasteiger partial charge < -0.3 is 5.32 Å². The minimum Gasteiger partial charge on any atom is -0.323 e. The molecule has 2 aromatic rings. The van der Waals surface area contributed by atoms with Crippen molar-refractivity contribution in [2.45, 2.75) is 19.9 Å². The molecule has 1 N–H and O–H groups in total. The molecular weight excluding hydrogens is 430 g/mol. The van der Waals surface area contributed by atoms with E-state index in [2.05, 4.69) is 21.2 Å². The van der Waals surface area contributed by atoms with Crippen LogP contribution in [0.25, 0.3) is 0 Å². The molecule has 0 saturated heterocycles. The van der Waals surface area contributed by atoms with Crippen molar-refractivity contribution < 1.29 is 19.3 Å². The first kappa shape index (κ1) is 19.7. The zero-order chi connectivity index (χ0) is 20.6. The maximum Gasteiger partial charge on any atom is 0.270 e. The molecule has 9 heteroatoms. The molecule has 0 aliphatic carbocycles. The lowest BCUT2D eigenvalue weighted by atomic mass is 10.0. The quantitative estimate of drug-likeness (QED) is 0.429. The molecule has 1 atom stereocenters. The molecule has 0 spiro atoms. The highest BCUT2D eigenvalue weighted by atomic mass is 79.9. The van der Waals surface area contributed by atoms with Crippen LogP contribution in [0.5, 0.6) is 0 Å². The van der Waals surface area contributed by atoms with Gasteiger partial charge in [-0.1, -0.05) is 26.0 Å². The zero-order valence-electron chi connectivity index (χ0n) is 15.0. The first-order valence-corrected chi connectivity index (χ1v) is 9.23. The van der Waals surface area contributed by atoms with E-state index in [1.807, 2.05) is 0 Å². The van der Waals surface area contributed by atoms with E-state index in [-0.39, 0.29) is 22.7 Å². The van der Waals surface area contributed by atoms with Crippen molar-refractivity contribution in [2.75, 3.05) is 5.32 Å². The van der Waals surface area contributed by atoms with Crippen LogP contribution in [0.4, 0.5) is 11.4 Å². The third-order valence-corrected chi connectivity index (χ3v) is 5.08. The normalized spacial score (nSPS) is 14.2. The van der Waals surface area contributed by atoms with Gasteiger partial charge in [-0.3, -0.25) is 29.4 Å². The number of fused-ring (bicyclic) bond motifs is 1. The van der Waals surface area contributed by atoms with Crippen LogP contribution in [-0.4, -0.2) is 33.6 Å². The van der Waals surface area contributed by atoms with Crippen molar-refractivity contribution >= 4 is 45.0 Å². The van der Waals surface area contributed by atoms with Crippen molar-refractivity contribution in [3.05, 3.63) is 68.2 Å². The molecule has 1 aliphatic heterocycles. The summed E-state index contributed by atoms with van der Waals surface area (Å²) in [6, 6.07) is 9.30. The summed E-state index contributed by atoms with van der Waals surface area (Å²) in [5.74, 6) is -1.94. The van der Waals surface area contributed by atoms with E-state index in [1.54, 1.807) is 38.1 Å². The Morgan fingerprint density at radius 1 is 1.11 bits per heavy atom. The number of hydrogen-bond acceptors (Lipinski definition) is 5. The number of imide groups is 1. The Morgan fingerprint density at radius 3 is 2.14 bits per heavy atom. The molecule has 0 bridgehead atoms. The largest absolute Gasteiger partial charge is 0.323 e. The van der Waals surface area contributed by atoms with Gasteiger partial charge in [0.05, 0.1) is 21.7 Å². The fraction of sp³-hybridized carbons (Fsp3) is 0.211. The predicted molar refractivity (Wildman–Crippen MR) is 105 cm³/mol. The van der Waals surface area contributed by atoms with Gasteiger partial charge in [0.15, 0.2) is 0 Å². The van der Waals surface area contributed by atoms with Crippen LogP contribution in [0.2, 0.25) is 0 Å². The number of carbonyl (C=O) groups is 3. The minimum atomic E-state index is -1.03. The smallest absolute Gasteiger partial charge is 0.270 e. The van der Waals surface area contributed by atoms with E-state index in [0.29, 0.717) is 10.2 Å². The fourth-order valence-electron chi connectivity index (χ4n) is 3.10. The van der Waals surface area contributed by atoms with Crippen LogP contribution in [0.3, 0.4) is 0 Å². The van der Waals surface area contributed by atoms with Crippen molar-refractivity contribution in [3.63, 3.8) is 0 Å². The second-order valence-electron chi connectivity index (χ2n) is 6.63. The molecular formula is C19H16BrN3O5. The van der Waals surface area contributed by atoms with Gasteiger partial charge in [-0.25, -0.2) is 0 Å². The Morgan fingerprint density at radius 2 is 1.68 bits per heavy atom. The Balaban J connectivity index is 1.90. The van der Waals surface area contributed by atoms with Crippen molar-refractivity contribution in [3.8, 4) is 0 Å². The van der Waals surface area contributed by atoms with Crippen LogP contribution < -0.4 is 5.32 Å². The lowest BCUT2D eigenvalue weighted by molar-refractivity contribution is -0.384. The lowest BCUT2D eigenvalue weighted by Gasteiger charge is -2.28. The highest BCUT2D eigenvalue weighted by Gasteiger charge is 2.43. The second kappa shape index (κ2) is 7.51. The number of nitro groups is 1. The van der Waals surface area contributed by atoms with E-state index < -0.39 is 28.7 Å². The van der Waals surface area contributed by atoms with Gasteiger partial charge in [-0.15, -0.1) is 0 Å². The monoisotopic (exact) mass is 445 g/mol. The van der Waals surface area contributed by atoms with E-state index in [4.69, 9.17) is 0 Å². The van der Waals surface area contributed by atoms with Gasteiger partial charge in [0.2, 0.25) is 5.91 Å². The molecule has 3 rings (SSSR count). The molecule has 1 unspecified atom stereocenters. The summed E-state index contributed by atoms with van der Waals surface area (Å²) < 4.78 is 0.319. The summed E-state index contributed by atoms with van der Waals surface area (Å²) in [6.07, 6.45) is 0. The van der Waals surface area contributed by atoms with Gasteiger partial charge in [-0.2, -0.15) is 0 Å². The van der Waals surface area contributed by atoms with Crippen LogP contribution in [0.1, 0.15) is 34.6 Å². The number of anilines is 1. The maximum absolute atomic E-state index is 12.9. The number of carbonyl (C=O) groups excluding carboxylic acids is 3.